The Morgan fingerprint density at radius 2 is 1.96 bits per heavy atom. The molecule has 1 aliphatic rings. The van der Waals surface area contributed by atoms with Crippen LogP contribution in [0.5, 0.6) is 0 Å². The molecule has 7 nitrogen and oxygen atoms in total. The second-order valence-electron chi connectivity index (χ2n) is 5.11. The van der Waals surface area contributed by atoms with Crippen LogP contribution in [0.2, 0.25) is 0 Å². The third-order valence-electron chi connectivity index (χ3n) is 3.52. The van der Waals surface area contributed by atoms with Gasteiger partial charge >= 0.3 is 0 Å². The van der Waals surface area contributed by atoms with Crippen molar-refractivity contribution in [2.75, 3.05) is 0 Å². The second-order valence-corrected chi connectivity index (χ2v) is 5.11. The Morgan fingerprint density at radius 1 is 1.26 bits per heavy atom. The molecule has 1 aromatic carbocycles. The maximum atomic E-state index is 12.3. The third kappa shape index (κ3) is 2.52. The number of nitrogens with one attached hydrogen (secondary N) is 1. The van der Waals surface area contributed by atoms with Crippen LogP contribution < -0.4 is 5.43 Å². The normalized spacial score (nSPS) is 14.2. The molecule has 0 unspecified atom stereocenters. The van der Waals surface area contributed by atoms with Gasteiger partial charge in [-0.25, -0.2) is 5.43 Å². The Hall–Kier alpha value is -3.22. The van der Waals surface area contributed by atoms with E-state index in [0.29, 0.717) is 11.1 Å². The van der Waals surface area contributed by atoms with Gasteiger partial charge in [0.25, 0.3) is 5.91 Å². The fourth-order valence-corrected chi connectivity index (χ4v) is 2.38. The highest BCUT2D eigenvalue weighted by molar-refractivity contribution is 6.35. The number of Topliss-reactive ketones (excluding diaryl/α,β-unsaturated/α-hetero) is 1. The molecule has 2 aromatic rings. The summed E-state index contributed by atoms with van der Waals surface area (Å²) in [7, 11) is 1.70. The first-order valence-electron chi connectivity index (χ1n) is 6.91. The number of aryl methyl sites for hydroxylation is 1. The molecule has 0 spiro atoms. The fraction of sp³-hybridized carbons (Fsp3) is 0.125. The topological polar surface area (TPSA) is 96.6 Å². The zero-order valence-electron chi connectivity index (χ0n) is 12.6. The van der Waals surface area contributed by atoms with Gasteiger partial charge in [0.1, 0.15) is 5.76 Å². The number of nitrogens with zero attached hydrogens (tertiary/aromatic N) is 3. The van der Waals surface area contributed by atoms with Gasteiger partial charge in [0.15, 0.2) is 11.5 Å². The van der Waals surface area contributed by atoms with E-state index in [4.69, 9.17) is 0 Å². The van der Waals surface area contributed by atoms with Crippen LogP contribution in [0.1, 0.15) is 33.3 Å². The summed E-state index contributed by atoms with van der Waals surface area (Å²) in [6, 6.07) is 8.31. The first-order chi connectivity index (χ1) is 11.0. The number of hydrogen-bond donors (Lipinski definition) is 2. The van der Waals surface area contributed by atoms with Gasteiger partial charge in [0, 0.05) is 24.4 Å². The zero-order valence-corrected chi connectivity index (χ0v) is 12.6. The highest BCUT2D eigenvalue weighted by atomic mass is 16.3. The number of aromatic nitrogens is 2. The number of benzene rings is 1. The van der Waals surface area contributed by atoms with Crippen LogP contribution in [0.3, 0.4) is 0 Å². The first kappa shape index (κ1) is 14.7. The number of aliphatic hydroxyl groups excluding tert-OH is 1. The fourth-order valence-electron chi connectivity index (χ4n) is 2.38. The highest BCUT2D eigenvalue weighted by Gasteiger charge is 2.31. The molecule has 0 saturated carbocycles. The van der Waals surface area contributed by atoms with Crippen molar-refractivity contribution in [3.05, 3.63) is 58.9 Å². The van der Waals surface area contributed by atoms with Gasteiger partial charge < -0.3 is 5.11 Å². The average molecular weight is 310 g/mol. The van der Waals surface area contributed by atoms with Crippen molar-refractivity contribution in [1.82, 2.24) is 15.2 Å². The average Bonchev–Trinajstić information content (AvgIpc) is 3.08. The van der Waals surface area contributed by atoms with E-state index in [1.807, 2.05) is 0 Å². The van der Waals surface area contributed by atoms with E-state index in [9.17, 15) is 14.7 Å². The number of fused-ring (bicyclic) bond motifs is 1. The van der Waals surface area contributed by atoms with Crippen molar-refractivity contribution in [3.8, 4) is 0 Å². The lowest BCUT2D eigenvalue weighted by Crippen LogP contribution is -2.21. The van der Waals surface area contributed by atoms with Crippen LogP contribution in [-0.4, -0.2) is 32.3 Å². The highest BCUT2D eigenvalue weighted by Crippen LogP contribution is 2.31. The number of ketones is 1. The summed E-state index contributed by atoms with van der Waals surface area (Å²) in [5, 5.41) is 18.1. The lowest BCUT2D eigenvalue weighted by Gasteiger charge is -2.02. The van der Waals surface area contributed by atoms with E-state index in [2.05, 4.69) is 15.6 Å². The number of aliphatic hydroxyl groups is 1. The number of allylic oxidation sites excluding steroid dienone is 1. The number of hydrazone groups is 1. The minimum Gasteiger partial charge on any atom is -0.506 e. The second kappa shape index (κ2) is 5.53. The summed E-state index contributed by atoms with van der Waals surface area (Å²) in [5.74, 6) is -0.932. The Balaban J connectivity index is 1.84. The molecule has 0 radical (unpaired) electrons. The maximum absolute atomic E-state index is 12.3. The summed E-state index contributed by atoms with van der Waals surface area (Å²) in [4.78, 5) is 24.2. The molecule has 1 aromatic heterocycles. The Labute approximate surface area is 131 Å². The minimum absolute atomic E-state index is 0.0903. The third-order valence-corrected chi connectivity index (χ3v) is 3.52. The lowest BCUT2D eigenvalue weighted by atomic mass is 10.1. The van der Waals surface area contributed by atoms with Crippen LogP contribution in [0.15, 0.2) is 47.2 Å². The van der Waals surface area contributed by atoms with Crippen LogP contribution in [0.4, 0.5) is 0 Å². The molecular formula is C16H14N4O3. The standard InChI is InChI=1S/C16H14N4O3/c1-9(17-18-16(23)12-7-8-20(2)19-12)13-14(21)10-5-3-4-6-11(10)15(13)22/h3-8,21H,1-2H3,(H,18,23)/b17-9+. The number of carbonyl (C=O) groups is 2. The molecule has 116 valence electrons. The molecule has 1 amide bonds. The summed E-state index contributed by atoms with van der Waals surface area (Å²) in [5.41, 5.74) is 3.76. The molecule has 0 saturated heterocycles. The van der Waals surface area contributed by atoms with Gasteiger partial charge in [0.2, 0.25) is 0 Å². The zero-order chi connectivity index (χ0) is 16.6. The van der Waals surface area contributed by atoms with E-state index in [0.717, 1.165) is 0 Å². The van der Waals surface area contributed by atoms with Crippen LogP contribution in [0.25, 0.3) is 5.76 Å². The number of rotatable bonds is 3. The maximum Gasteiger partial charge on any atom is 0.291 e. The number of amides is 1. The van der Waals surface area contributed by atoms with Crippen molar-refractivity contribution in [2.24, 2.45) is 12.1 Å². The molecule has 0 aliphatic heterocycles. The van der Waals surface area contributed by atoms with Crippen molar-refractivity contribution in [1.29, 1.82) is 0 Å². The van der Waals surface area contributed by atoms with Crippen LogP contribution in [0, 0.1) is 0 Å². The van der Waals surface area contributed by atoms with Crippen LogP contribution >= 0.6 is 0 Å². The monoisotopic (exact) mass is 310 g/mol. The van der Waals surface area contributed by atoms with Crippen LogP contribution in [-0.2, 0) is 7.05 Å². The van der Waals surface area contributed by atoms with Crippen molar-refractivity contribution in [2.45, 2.75) is 6.92 Å². The van der Waals surface area contributed by atoms with E-state index in [-0.39, 0.29) is 28.5 Å². The van der Waals surface area contributed by atoms with Gasteiger partial charge in [0.05, 0.1) is 11.3 Å². The molecule has 1 aliphatic carbocycles. The smallest absolute Gasteiger partial charge is 0.291 e. The molecule has 0 atom stereocenters. The van der Waals surface area contributed by atoms with Gasteiger partial charge in [-0.3, -0.25) is 14.3 Å². The molecular weight excluding hydrogens is 296 g/mol. The Kier molecular flexibility index (Phi) is 3.53. The predicted molar refractivity (Wildman–Crippen MR) is 84.1 cm³/mol. The largest absolute Gasteiger partial charge is 0.506 e. The van der Waals surface area contributed by atoms with Gasteiger partial charge in [-0.2, -0.15) is 10.2 Å². The molecule has 23 heavy (non-hydrogen) atoms. The number of carbonyl (C=O) groups excluding carboxylic acids is 2. The summed E-state index contributed by atoms with van der Waals surface area (Å²) in [6.45, 7) is 1.55. The number of hydrogen-bond acceptors (Lipinski definition) is 5. The molecule has 1 heterocycles. The first-order valence-corrected chi connectivity index (χ1v) is 6.91. The van der Waals surface area contributed by atoms with Gasteiger partial charge in [-0.1, -0.05) is 24.3 Å². The molecule has 0 fully saturated rings. The van der Waals surface area contributed by atoms with E-state index < -0.39 is 5.91 Å². The Morgan fingerprint density at radius 3 is 2.57 bits per heavy atom. The molecule has 3 rings (SSSR count). The summed E-state index contributed by atoms with van der Waals surface area (Å²) >= 11 is 0. The van der Waals surface area contributed by atoms with Crippen molar-refractivity contribution in [3.63, 3.8) is 0 Å². The van der Waals surface area contributed by atoms with Crippen molar-refractivity contribution < 1.29 is 14.7 Å². The quantitative estimate of drug-likeness (QED) is 0.666. The lowest BCUT2D eigenvalue weighted by molar-refractivity contribution is 0.0947. The Bertz CT molecular complexity index is 877. The molecule has 7 heteroatoms. The molecule has 0 bridgehead atoms. The summed E-state index contributed by atoms with van der Waals surface area (Å²) in [6.07, 6.45) is 1.64. The van der Waals surface area contributed by atoms with E-state index in [1.165, 1.54) is 4.68 Å². The summed E-state index contributed by atoms with van der Waals surface area (Å²) < 4.78 is 1.50. The van der Waals surface area contributed by atoms with Gasteiger partial charge in [-0.05, 0) is 13.0 Å². The minimum atomic E-state index is -0.493. The van der Waals surface area contributed by atoms with Gasteiger partial charge in [-0.15, -0.1) is 0 Å². The molecule has 2 N–H and O–H groups in total. The van der Waals surface area contributed by atoms with E-state index in [1.54, 1.807) is 50.5 Å². The predicted octanol–water partition coefficient (Wildman–Crippen LogP) is 1.69. The van der Waals surface area contributed by atoms with E-state index >= 15 is 0 Å². The SMILES string of the molecule is C/C(=N\NC(=O)c1ccn(C)n1)C1=C(O)c2ccccc2C1=O. The van der Waals surface area contributed by atoms with Crippen molar-refractivity contribution >= 4 is 23.2 Å².